The average molecular weight is 354 g/mol. The lowest BCUT2D eigenvalue weighted by Crippen LogP contribution is -2.24. The van der Waals surface area contributed by atoms with Gasteiger partial charge in [-0.05, 0) is 50.2 Å². The molecule has 1 aliphatic rings. The van der Waals surface area contributed by atoms with Crippen LogP contribution < -0.4 is 4.90 Å². The Kier molecular flexibility index (Phi) is 4.00. The summed E-state index contributed by atoms with van der Waals surface area (Å²) in [5, 5.41) is 0.675. The van der Waals surface area contributed by atoms with Gasteiger partial charge in [0.25, 0.3) is 0 Å². The smallest absolute Gasteiger partial charge is 0.227 e. The number of amides is 1. The summed E-state index contributed by atoms with van der Waals surface area (Å²) in [5.74, 6) is 1.23. The van der Waals surface area contributed by atoms with Gasteiger partial charge in [0.1, 0.15) is 5.82 Å². The van der Waals surface area contributed by atoms with Gasteiger partial charge in [-0.1, -0.05) is 23.7 Å². The fourth-order valence-electron chi connectivity index (χ4n) is 3.64. The molecule has 0 radical (unpaired) electrons. The molecule has 0 aliphatic carbocycles. The van der Waals surface area contributed by atoms with Crippen LogP contribution in [0, 0.1) is 0 Å². The number of carbonyl (C=O) groups is 1. The number of anilines is 1. The van der Waals surface area contributed by atoms with Gasteiger partial charge in [-0.25, -0.2) is 4.98 Å². The van der Waals surface area contributed by atoms with Gasteiger partial charge in [-0.2, -0.15) is 0 Å². The van der Waals surface area contributed by atoms with E-state index in [1.807, 2.05) is 47.4 Å². The maximum atomic E-state index is 12.6. The fourth-order valence-corrected chi connectivity index (χ4v) is 3.77. The number of rotatable bonds is 3. The van der Waals surface area contributed by atoms with Gasteiger partial charge in [-0.3, -0.25) is 4.79 Å². The number of para-hydroxylation sites is 2. The zero-order valence-corrected chi connectivity index (χ0v) is 15.1. The topological polar surface area (TPSA) is 38.1 Å². The van der Waals surface area contributed by atoms with Crippen LogP contribution in [0.5, 0.6) is 0 Å². The van der Waals surface area contributed by atoms with Crippen LogP contribution in [0.3, 0.4) is 0 Å². The molecule has 5 heteroatoms. The van der Waals surface area contributed by atoms with E-state index in [-0.39, 0.29) is 11.8 Å². The number of aromatic nitrogens is 2. The van der Waals surface area contributed by atoms with Crippen LogP contribution in [-0.4, -0.2) is 22.0 Å². The first-order valence-corrected chi connectivity index (χ1v) is 8.95. The molecule has 0 N–H and O–H groups in total. The molecule has 25 heavy (non-hydrogen) atoms. The van der Waals surface area contributed by atoms with Gasteiger partial charge >= 0.3 is 0 Å². The predicted octanol–water partition coefficient (Wildman–Crippen LogP) is 4.79. The fraction of sp³-hybridized carbons (Fsp3) is 0.300. The highest BCUT2D eigenvalue weighted by Gasteiger charge is 2.35. The first-order valence-electron chi connectivity index (χ1n) is 8.57. The summed E-state index contributed by atoms with van der Waals surface area (Å²) in [6.45, 7) is 4.97. The van der Waals surface area contributed by atoms with E-state index in [1.54, 1.807) is 0 Å². The molecule has 1 aromatic heterocycles. The maximum absolute atomic E-state index is 12.6. The molecule has 128 valence electrons. The maximum Gasteiger partial charge on any atom is 0.227 e. The van der Waals surface area contributed by atoms with E-state index in [0.717, 1.165) is 22.5 Å². The molecule has 1 fully saturated rings. The standard InChI is InChI=1S/C20H20ClN3O/c1-13(2)24-18-6-4-3-5-17(18)22-20(24)14-11-19(25)23(12-14)16-9-7-15(21)8-10-16/h3-10,13-14H,11-12H2,1-2H3/t14-/m1/s1. The quantitative estimate of drug-likeness (QED) is 0.679. The molecule has 4 rings (SSSR count). The largest absolute Gasteiger partial charge is 0.325 e. The van der Waals surface area contributed by atoms with Crippen molar-refractivity contribution in [2.75, 3.05) is 11.4 Å². The molecule has 4 nitrogen and oxygen atoms in total. The molecule has 1 aliphatic heterocycles. The molecular formula is C20H20ClN3O. The lowest BCUT2D eigenvalue weighted by atomic mass is 10.1. The second-order valence-corrected chi connectivity index (χ2v) is 7.24. The SMILES string of the molecule is CC(C)n1c([C@@H]2CC(=O)N(c3ccc(Cl)cc3)C2)nc2ccccc21. The van der Waals surface area contributed by atoms with E-state index in [9.17, 15) is 4.79 Å². The van der Waals surface area contributed by atoms with Gasteiger partial charge in [0.2, 0.25) is 5.91 Å². The van der Waals surface area contributed by atoms with Crippen LogP contribution in [-0.2, 0) is 4.79 Å². The zero-order valence-electron chi connectivity index (χ0n) is 14.3. The van der Waals surface area contributed by atoms with Crippen LogP contribution >= 0.6 is 11.6 Å². The Hall–Kier alpha value is -2.33. The Morgan fingerprint density at radius 2 is 1.84 bits per heavy atom. The summed E-state index contributed by atoms with van der Waals surface area (Å²) in [6, 6.07) is 15.9. The summed E-state index contributed by atoms with van der Waals surface area (Å²) >= 11 is 5.96. The molecule has 1 saturated heterocycles. The number of carbonyl (C=O) groups excluding carboxylic acids is 1. The highest BCUT2D eigenvalue weighted by molar-refractivity contribution is 6.30. The van der Waals surface area contributed by atoms with Crippen molar-refractivity contribution in [3.8, 4) is 0 Å². The van der Waals surface area contributed by atoms with Crippen molar-refractivity contribution in [2.24, 2.45) is 0 Å². The summed E-state index contributed by atoms with van der Waals surface area (Å²) in [6.07, 6.45) is 0.485. The Labute approximate surface area is 152 Å². The van der Waals surface area contributed by atoms with Gasteiger partial charge in [0.15, 0.2) is 0 Å². The number of imidazole rings is 1. The Morgan fingerprint density at radius 3 is 2.56 bits per heavy atom. The van der Waals surface area contributed by atoms with Crippen molar-refractivity contribution in [3.63, 3.8) is 0 Å². The molecule has 3 aromatic rings. The average Bonchev–Trinajstić information content (AvgIpc) is 3.16. The van der Waals surface area contributed by atoms with E-state index < -0.39 is 0 Å². The first-order chi connectivity index (χ1) is 12.0. The van der Waals surface area contributed by atoms with Crippen LogP contribution in [0.4, 0.5) is 5.69 Å². The third kappa shape index (κ3) is 2.81. The van der Waals surface area contributed by atoms with Crippen LogP contribution in [0.15, 0.2) is 48.5 Å². The summed E-state index contributed by atoms with van der Waals surface area (Å²) in [7, 11) is 0. The molecular weight excluding hydrogens is 334 g/mol. The predicted molar refractivity (Wildman–Crippen MR) is 101 cm³/mol. The molecule has 1 amide bonds. The van der Waals surface area contributed by atoms with E-state index in [0.29, 0.717) is 24.0 Å². The monoisotopic (exact) mass is 353 g/mol. The molecule has 0 bridgehead atoms. The van der Waals surface area contributed by atoms with Crippen molar-refractivity contribution in [3.05, 3.63) is 59.4 Å². The van der Waals surface area contributed by atoms with Crippen LogP contribution in [0.1, 0.15) is 38.1 Å². The van der Waals surface area contributed by atoms with E-state index in [4.69, 9.17) is 16.6 Å². The number of fused-ring (bicyclic) bond motifs is 1. The molecule has 2 aromatic carbocycles. The summed E-state index contributed by atoms with van der Waals surface area (Å²) in [4.78, 5) is 19.3. The van der Waals surface area contributed by atoms with Gasteiger partial charge in [0.05, 0.1) is 11.0 Å². The van der Waals surface area contributed by atoms with E-state index in [1.165, 1.54) is 0 Å². The van der Waals surface area contributed by atoms with Crippen molar-refractivity contribution in [1.29, 1.82) is 0 Å². The highest BCUT2D eigenvalue weighted by atomic mass is 35.5. The number of hydrogen-bond donors (Lipinski definition) is 0. The van der Waals surface area contributed by atoms with Gasteiger partial charge in [-0.15, -0.1) is 0 Å². The van der Waals surface area contributed by atoms with Gasteiger partial charge in [0, 0.05) is 35.6 Å². The van der Waals surface area contributed by atoms with Crippen LogP contribution in [0.2, 0.25) is 5.02 Å². The number of hydrogen-bond acceptors (Lipinski definition) is 2. The number of nitrogens with zero attached hydrogens (tertiary/aromatic N) is 3. The molecule has 0 unspecified atom stereocenters. The van der Waals surface area contributed by atoms with E-state index in [2.05, 4.69) is 24.5 Å². The summed E-state index contributed by atoms with van der Waals surface area (Å²) in [5.41, 5.74) is 3.01. The van der Waals surface area contributed by atoms with E-state index >= 15 is 0 Å². The third-order valence-corrected chi connectivity index (χ3v) is 5.02. The minimum Gasteiger partial charge on any atom is -0.325 e. The first kappa shape index (κ1) is 16.2. The third-order valence-electron chi connectivity index (χ3n) is 4.77. The zero-order chi connectivity index (χ0) is 17.6. The molecule has 0 spiro atoms. The normalized spacial score (nSPS) is 17.8. The lowest BCUT2D eigenvalue weighted by molar-refractivity contribution is -0.117. The lowest BCUT2D eigenvalue weighted by Gasteiger charge is -2.19. The Bertz CT molecular complexity index is 930. The van der Waals surface area contributed by atoms with Gasteiger partial charge < -0.3 is 9.47 Å². The Balaban J connectivity index is 1.71. The van der Waals surface area contributed by atoms with Crippen molar-refractivity contribution >= 4 is 34.2 Å². The molecule has 0 saturated carbocycles. The number of halogens is 1. The second kappa shape index (κ2) is 6.19. The molecule has 2 heterocycles. The summed E-state index contributed by atoms with van der Waals surface area (Å²) < 4.78 is 2.26. The molecule has 1 atom stereocenters. The van der Waals surface area contributed by atoms with Crippen molar-refractivity contribution < 1.29 is 4.79 Å². The minimum absolute atomic E-state index is 0.0954. The number of benzene rings is 2. The minimum atomic E-state index is 0.0954. The van der Waals surface area contributed by atoms with Crippen LogP contribution in [0.25, 0.3) is 11.0 Å². The second-order valence-electron chi connectivity index (χ2n) is 6.80. The van der Waals surface area contributed by atoms with Crippen molar-refractivity contribution in [2.45, 2.75) is 32.2 Å². The Morgan fingerprint density at radius 1 is 1.12 bits per heavy atom. The van der Waals surface area contributed by atoms with Crippen molar-refractivity contribution in [1.82, 2.24) is 9.55 Å². The highest BCUT2D eigenvalue weighted by Crippen LogP contribution is 2.34.